The van der Waals surface area contributed by atoms with Gasteiger partial charge in [0, 0.05) is 35.6 Å². The molecule has 7 nitrogen and oxygen atoms in total. The number of carboxylic acids is 1. The van der Waals surface area contributed by atoms with Crippen molar-refractivity contribution in [2.24, 2.45) is 11.8 Å². The van der Waals surface area contributed by atoms with Crippen molar-refractivity contribution < 1.29 is 14.6 Å². The monoisotopic (exact) mass is 447 g/mol. The van der Waals surface area contributed by atoms with Gasteiger partial charge in [0.25, 0.3) is 5.56 Å². The van der Waals surface area contributed by atoms with E-state index in [0.29, 0.717) is 25.0 Å². The fourth-order valence-corrected chi connectivity index (χ4v) is 4.50. The predicted molar refractivity (Wildman–Crippen MR) is 126 cm³/mol. The largest absolute Gasteiger partial charge is 0.480 e. The maximum absolute atomic E-state index is 13.0. The molecule has 7 heteroatoms. The number of aromatic nitrogens is 3. The number of pyridine rings is 1. The van der Waals surface area contributed by atoms with E-state index in [4.69, 9.17) is 14.9 Å². The van der Waals surface area contributed by atoms with Crippen LogP contribution in [0.4, 0.5) is 0 Å². The number of ether oxygens (including phenoxy) is 1. The van der Waals surface area contributed by atoms with Crippen molar-refractivity contribution in [3.05, 3.63) is 70.8 Å². The van der Waals surface area contributed by atoms with Crippen LogP contribution in [-0.2, 0) is 16.1 Å². The molecule has 1 N–H and O–H groups in total. The number of hydrogen-bond acceptors (Lipinski definition) is 5. The molecule has 1 aliphatic rings. The van der Waals surface area contributed by atoms with Crippen LogP contribution >= 0.6 is 0 Å². The predicted octanol–water partition coefficient (Wildman–Crippen LogP) is 4.19. The van der Waals surface area contributed by atoms with Gasteiger partial charge >= 0.3 is 5.97 Å². The molecule has 2 heterocycles. The van der Waals surface area contributed by atoms with E-state index in [1.54, 1.807) is 16.9 Å². The first-order valence-electron chi connectivity index (χ1n) is 11.4. The van der Waals surface area contributed by atoms with Gasteiger partial charge in [-0.2, -0.15) is 5.10 Å². The van der Waals surface area contributed by atoms with Gasteiger partial charge in [-0.05, 0) is 62.1 Å². The molecular weight excluding hydrogens is 418 g/mol. The van der Waals surface area contributed by atoms with E-state index < -0.39 is 5.97 Å². The van der Waals surface area contributed by atoms with Crippen molar-refractivity contribution in [2.45, 2.75) is 39.2 Å². The van der Waals surface area contributed by atoms with Crippen LogP contribution in [0.15, 0.2) is 59.5 Å². The standard InChI is InChI=1S/C26H29N3O4/c1-18-13-22(11-12-27-18)23-14-24(30)29(28-26(23)21-5-3-2-4-6-21)15-19-7-9-20(10-8-19)16-33-17-25(31)32/h2-6,11-14,19-20H,7-10,15-17H2,1H3,(H,31,32)/t19-,20-. The van der Waals surface area contributed by atoms with Gasteiger partial charge in [-0.3, -0.25) is 9.78 Å². The summed E-state index contributed by atoms with van der Waals surface area (Å²) in [4.78, 5) is 27.9. The highest BCUT2D eigenvalue weighted by molar-refractivity contribution is 5.80. The van der Waals surface area contributed by atoms with E-state index in [1.165, 1.54) is 0 Å². The first-order chi connectivity index (χ1) is 16.0. The normalized spacial score (nSPS) is 18.2. The first kappa shape index (κ1) is 22.9. The van der Waals surface area contributed by atoms with Gasteiger partial charge in [-0.25, -0.2) is 9.48 Å². The molecule has 3 aromatic rings. The maximum Gasteiger partial charge on any atom is 0.329 e. The van der Waals surface area contributed by atoms with E-state index in [2.05, 4.69) is 4.98 Å². The van der Waals surface area contributed by atoms with Gasteiger partial charge in [-0.1, -0.05) is 30.3 Å². The second kappa shape index (κ2) is 10.5. The summed E-state index contributed by atoms with van der Waals surface area (Å²) in [6.45, 7) is 2.75. The number of aliphatic carboxylic acids is 1. The number of nitrogens with zero attached hydrogens (tertiary/aromatic N) is 3. The minimum atomic E-state index is -0.936. The molecule has 1 aliphatic carbocycles. The van der Waals surface area contributed by atoms with Gasteiger partial charge < -0.3 is 9.84 Å². The van der Waals surface area contributed by atoms with E-state index in [1.807, 2.05) is 49.4 Å². The van der Waals surface area contributed by atoms with Crippen molar-refractivity contribution in [2.75, 3.05) is 13.2 Å². The SMILES string of the molecule is Cc1cc(-c2cc(=O)n(C[C@H]3CC[C@H](COCC(=O)O)CC3)nc2-c2ccccc2)ccn1. The molecule has 172 valence electrons. The second-order valence-electron chi connectivity index (χ2n) is 8.77. The van der Waals surface area contributed by atoms with Crippen LogP contribution in [0.2, 0.25) is 0 Å². The molecule has 0 spiro atoms. The van der Waals surface area contributed by atoms with E-state index in [9.17, 15) is 9.59 Å². The molecule has 0 atom stereocenters. The van der Waals surface area contributed by atoms with Crippen LogP contribution in [-0.4, -0.2) is 39.1 Å². The van der Waals surface area contributed by atoms with Crippen molar-refractivity contribution in [1.29, 1.82) is 0 Å². The van der Waals surface area contributed by atoms with Crippen LogP contribution < -0.4 is 5.56 Å². The second-order valence-corrected chi connectivity index (χ2v) is 8.77. The van der Waals surface area contributed by atoms with Gasteiger partial charge in [0.1, 0.15) is 6.61 Å². The minimum absolute atomic E-state index is 0.105. The molecule has 0 bridgehead atoms. The van der Waals surface area contributed by atoms with E-state index >= 15 is 0 Å². The number of carbonyl (C=O) groups is 1. The Hall–Kier alpha value is -3.32. The minimum Gasteiger partial charge on any atom is -0.480 e. The van der Waals surface area contributed by atoms with Gasteiger partial charge in [0.05, 0.1) is 12.3 Å². The molecule has 0 unspecified atom stereocenters. The Labute approximate surface area is 193 Å². The number of aryl methyl sites for hydroxylation is 1. The number of hydrogen-bond donors (Lipinski definition) is 1. The molecule has 1 aromatic carbocycles. The highest BCUT2D eigenvalue weighted by Crippen LogP contribution is 2.31. The Morgan fingerprint density at radius 3 is 2.48 bits per heavy atom. The molecule has 1 saturated carbocycles. The summed E-state index contributed by atoms with van der Waals surface area (Å²) in [6, 6.07) is 15.5. The molecule has 2 aromatic heterocycles. The lowest BCUT2D eigenvalue weighted by Crippen LogP contribution is -2.29. The third-order valence-electron chi connectivity index (χ3n) is 6.23. The van der Waals surface area contributed by atoms with Gasteiger partial charge in [0.2, 0.25) is 0 Å². The Bertz CT molecular complexity index is 1150. The molecule has 33 heavy (non-hydrogen) atoms. The third kappa shape index (κ3) is 5.93. The van der Waals surface area contributed by atoms with Crippen molar-refractivity contribution in [1.82, 2.24) is 14.8 Å². The molecule has 1 fully saturated rings. The topological polar surface area (TPSA) is 94.3 Å². The van der Waals surface area contributed by atoms with Crippen LogP contribution in [0, 0.1) is 18.8 Å². The van der Waals surface area contributed by atoms with Crippen molar-refractivity contribution in [3.63, 3.8) is 0 Å². The summed E-state index contributed by atoms with van der Waals surface area (Å²) in [7, 11) is 0. The Balaban J connectivity index is 1.54. The quantitative estimate of drug-likeness (QED) is 0.556. The molecule has 4 rings (SSSR count). The first-order valence-corrected chi connectivity index (χ1v) is 11.4. The number of rotatable bonds is 8. The van der Waals surface area contributed by atoms with Crippen molar-refractivity contribution in [3.8, 4) is 22.4 Å². The zero-order chi connectivity index (χ0) is 23.2. The van der Waals surface area contributed by atoms with Crippen molar-refractivity contribution >= 4 is 5.97 Å². The maximum atomic E-state index is 13.0. The Morgan fingerprint density at radius 1 is 1.06 bits per heavy atom. The molecule has 0 radical (unpaired) electrons. The molecular formula is C26H29N3O4. The smallest absolute Gasteiger partial charge is 0.329 e. The average Bonchev–Trinajstić information content (AvgIpc) is 2.81. The lowest BCUT2D eigenvalue weighted by atomic mass is 9.82. The summed E-state index contributed by atoms with van der Waals surface area (Å²) >= 11 is 0. The van der Waals surface area contributed by atoms with Crippen LogP contribution in [0.25, 0.3) is 22.4 Å². The average molecular weight is 448 g/mol. The summed E-state index contributed by atoms with van der Waals surface area (Å²) < 4.78 is 6.87. The molecule has 0 amide bonds. The van der Waals surface area contributed by atoms with Crippen LogP contribution in [0.3, 0.4) is 0 Å². The van der Waals surface area contributed by atoms with Crippen LogP contribution in [0.1, 0.15) is 31.4 Å². The van der Waals surface area contributed by atoms with Gasteiger partial charge in [-0.15, -0.1) is 0 Å². The zero-order valence-electron chi connectivity index (χ0n) is 18.8. The highest BCUT2D eigenvalue weighted by atomic mass is 16.5. The fourth-order valence-electron chi connectivity index (χ4n) is 4.50. The summed E-state index contributed by atoms with van der Waals surface area (Å²) in [5.74, 6) is -0.195. The number of benzene rings is 1. The summed E-state index contributed by atoms with van der Waals surface area (Å²) in [6.07, 6.45) is 5.64. The third-order valence-corrected chi connectivity index (χ3v) is 6.23. The number of carboxylic acid groups (broad SMARTS) is 1. The molecule has 0 aliphatic heterocycles. The van der Waals surface area contributed by atoms with E-state index in [-0.39, 0.29) is 12.2 Å². The highest BCUT2D eigenvalue weighted by Gasteiger charge is 2.23. The molecule has 0 saturated heterocycles. The zero-order valence-corrected chi connectivity index (χ0v) is 18.8. The summed E-state index contributed by atoms with van der Waals surface area (Å²) in [5, 5.41) is 13.5. The van der Waals surface area contributed by atoms with Crippen LogP contribution in [0.5, 0.6) is 0 Å². The van der Waals surface area contributed by atoms with Gasteiger partial charge in [0.15, 0.2) is 0 Å². The summed E-state index contributed by atoms with van der Waals surface area (Å²) in [5.41, 5.74) is 4.28. The lowest BCUT2D eigenvalue weighted by molar-refractivity contribution is -0.142. The fraction of sp³-hybridized carbons (Fsp3) is 0.385. The Kier molecular flexibility index (Phi) is 7.29. The van der Waals surface area contributed by atoms with E-state index in [0.717, 1.165) is 53.8 Å². The Morgan fingerprint density at radius 2 is 1.79 bits per heavy atom. The lowest BCUT2D eigenvalue weighted by Gasteiger charge is -2.28.